The summed E-state index contributed by atoms with van der Waals surface area (Å²) in [4.78, 5) is 2.75. The van der Waals surface area contributed by atoms with Crippen molar-refractivity contribution in [1.82, 2.24) is 10.2 Å². The van der Waals surface area contributed by atoms with Crippen molar-refractivity contribution in [1.29, 1.82) is 0 Å². The average Bonchev–Trinajstić information content (AvgIpc) is 2.45. The summed E-state index contributed by atoms with van der Waals surface area (Å²) in [5.41, 5.74) is 0.463. The molecule has 0 saturated heterocycles. The van der Waals surface area contributed by atoms with Gasteiger partial charge in [-0.25, -0.2) is 0 Å². The molecule has 0 bridgehead atoms. The van der Waals surface area contributed by atoms with E-state index in [2.05, 4.69) is 45.1 Å². The van der Waals surface area contributed by atoms with E-state index in [1.54, 1.807) is 0 Å². The summed E-state index contributed by atoms with van der Waals surface area (Å²) >= 11 is 0. The van der Waals surface area contributed by atoms with Crippen LogP contribution in [0.2, 0.25) is 0 Å². The largest absolute Gasteiger partial charge is 0.315 e. The fourth-order valence-corrected chi connectivity index (χ4v) is 4.48. The molecule has 0 aromatic rings. The van der Waals surface area contributed by atoms with Crippen molar-refractivity contribution in [3.05, 3.63) is 0 Å². The molecule has 3 unspecified atom stereocenters. The summed E-state index contributed by atoms with van der Waals surface area (Å²) in [6.07, 6.45) is 11.3. The first kappa shape index (κ1) is 16.3. The number of nitrogens with zero attached hydrogens (tertiary/aromatic N) is 1. The average molecular weight is 280 g/mol. The summed E-state index contributed by atoms with van der Waals surface area (Å²) in [6.45, 7) is 7.28. The lowest BCUT2D eigenvalue weighted by molar-refractivity contribution is 0.0412. The molecule has 0 amide bonds. The number of rotatable bonds is 3. The first-order chi connectivity index (χ1) is 9.43. The standard InChI is InChI=1S/C18H36N2/c1-18(2,3)14-11-12-16(19-4)17(13-14)20(5)15-9-7-6-8-10-15/h14-17,19H,6-13H2,1-5H3. The molecular weight excluding hydrogens is 244 g/mol. The molecule has 0 heterocycles. The third kappa shape index (κ3) is 3.76. The van der Waals surface area contributed by atoms with Crippen LogP contribution in [-0.4, -0.2) is 37.1 Å². The van der Waals surface area contributed by atoms with Crippen molar-refractivity contribution in [2.45, 2.75) is 90.3 Å². The molecule has 118 valence electrons. The molecule has 2 aliphatic rings. The monoisotopic (exact) mass is 280 g/mol. The van der Waals surface area contributed by atoms with Gasteiger partial charge in [0, 0.05) is 18.1 Å². The van der Waals surface area contributed by atoms with Gasteiger partial charge < -0.3 is 5.32 Å². The van der Waals surface area contributed by atoms with Crippen LogP contribution in [-0.2, 0) is 0 Å². The van der Waals surface area contributed by atoms with Gasteiger partial charge in [-0.05, 0) is 57.5 Å². The minimum absolute atomic E-state index is 0.463. The third-order valence-corrected chi connectivity index (χ3v) is 6.09. The Bertz CT molecular complexity index is 288. The van der Waals surface area contributed by atoms with E-state index < -0.39 is 0 Å². The van der Waals surface area contributed by atoms with Gasteiger partial charge in [-0.3, -0.25) is 4.90 Å². The molecule has 2 fully saturated rings. The zero-order chi connectivity index (χ0) is 14.8. The molecular formula is C18H36N2. The number of hydrogen-bond acceptors (Lipinski definition) is 2. The van der Waals surface area contributed by atoms with Crippen LogP contribution in [0.5, 0.6) is 0 Å². The second-order valence-corrected chi connectivity index (χ2v) is 8.30. The summed E-state index contributed by atoms with van der Waals surface area (Å²) in [7, 11) is 4.56. The first-order valence-electron chi connectivity index (χ1n) is 8.82. The maximum absolute atomic E-state index is 3.60. The van der Waals surface area contributed by atoms with E-state index in [0.29, 0.717) is 11.5 Å². The molecule has 3 atom stereocenters. The molecule has 2 rings (SSSR count). The van der Waals surface area contributed by atoms with Crippen LogP contribution in [0.1, 0.15) is 72.1 Å². The normalized spacial score (nSPS) is 33.6. The highest BCUT2D eigenvalue weighted by Crippen LogP contribution is 2.40. The zero-order valence-electron chi connectivity index (χ0n) is 14.4. The molecule has 1 N–H and O–H groups in total. The minimum Gasteiger partial charge on any atom is -0.315 e. The van der Waals surface area contributed by atoms with E-state index in [4.69, 9.17) is 0 Å². The maximum atomic E-state index is 3.60. The molecule has 20 heavy (non-hydrogen) atoms. The van der Waals surface area contributed by atoms with Crippen LogP contribution in [0.4, 0.5) is 0 Å². The minimum atomic E-state index is 0.463. The number of hydrogen-bond donors (Lipinski definition) is 1. The van der Waals surface area contributed by atoms with Crippen LogP contribution in [0.25, 0.3) is 0 Å². The van der Waals surface area contributed by atoms with Gasteiger partial charge in [0.2, 0.25) is 0 Å². The van der Waals surface area contributed by atoms with Crippen molar-refractivity contribution in [2.75, 3.05) is 14.1 Å². The van der Waals surface area contributed by atoms with Gasteiger partial charge in [-0.2, -0.15) is 0 Å². The summed E-state index contributed by atoms with van der Waals surface area (Å²) < 4.78 is 0. The van der Waals surface area contributed by atoms with Gasteiger partial charge >= 0.3 is 0 Å². The predicted molar refractivity (Wildman–Crippen MR) is 88.1 cm³/mol. The highest BCUT2D eigenvalue weighted by Gasteiger charge is 2.38. The Morgan fingerprint density at radius 3 is 2.15 bits per heavy atom. The van der Waals surface area contributed by atoms with Crippen LogP contribution >= 0.6 is 0 Å². The van der Waals surface area contributed by atoms with E-state index in [1.807, 2.05) is 0 Å². The molecule has 2 nitrogen and oxygen atoms in total. The van der Waals surface area contributed by atoms with E-state index in [-0.39, 0.29) is 0 Å². The fraction of sp³-hybridized carbons (Fsp3) is 1.00. The van der Waals surface area contributed by atoms with E-state index in [1.165, 1.54) is 51.4 Å². The Balaban J connectivity index is 2.04. The summed E-state index contributed by atoms with van der Waals surface area (Å²) in [5.74, 6) is 0.878. The van der Waals surface area contributed by atoms with Crippen molar-refractivity contribution in [3.8, 4) is 0 Å². The Hall–Kier alpha value is -0.0800. The van der Waals surface area contributed by atoms with Gasteiger partial charge in [-0.15, -0.1) is 0 Å². The Morgan fingerprint density at radius 2 is 1.60 bits per heavy atom. The van der Waals surface area contributed by atoms with E-state index >= 15 is 0 Å². The lowest BCUT2D eigenvalue weighted by atomic mass is 9.69. The lowest BCUT2D eigenvalue weighted by Crippen LogP contribution is -2.55. The maximum Gasteiger partial charge on any atom is 0.0251 e. The highest BCUT2D eigenvalue weighted by atomic mass is 15.2. The van der Waals surface area contributed by atoms with E-state index in [0.717, 1.165) is 18.0 Å². The van der Waals surface area contributed by atoms with Crippen LogP contribution in [0.3, 0.4) is 0 Å². The third-order valence-electron chi connectivity index (χ3n) is 6.09. The first-order valence-corrected chi connectivity index (χ1v) is 8.82. The number of likely N-dealkylation sites (N-methyl/N-ethyl adjacent to an activating group) is 2. The second-order valence-electron chi connectivity index (χ2n) is 8.30. The van der Waals surface area contributed by atoms with Crippen molar-refractivity contribution in [2.24, 2.45) is 11.3 Å². The van der Waals surface area contributed by atoms with Crippen molar-refractivity contribution >= 4 is 0 Å². The Morgan fingerprint density at radius 1 is 0.950 bits per heavy atom. The van der Waals surface area contributed by atoms with Crippen LogP contribution in [0, 0.1) is 11.3 Å². The van der Waals surface area contributed by atoms with Gasteiger partial charge in [-0.1, -0.05) is 40.0 Å². The SMILES string of the molecule is CNC1CCC(C(C)(C)C)CC1N(C)C1CCCCC1. The van der Waals surface area contributed by atoms with Gasteiger partial charge in [0.15, 0.2) is 0 Å². The molecule has 0 spiro atoms. The summed E-state index contributed by atoms with van der Waals surface area (Å²) in [5, 5.41) is 3.60. The molecule has 0 aromatic carbocycles. The predicted octanol–water partition coefficient (Wildman–Crippen LogP) is 4.05. The zero-order valence-corrected chi connectivity index (χ0v) is 14.4. The second kappa shape index (κ2) is 6.79. The molecule has 2 aliphatic carbocycles. The molecule has 0 aliphatic heterocycles. The van der Waals surface area contributed by atoms with Crippen LogP contribution in [0.15, 0.2) is 0 Å². The Labute approximate surface area is 126 Å². The topological polar surface area (TPSA) is 15.3 Å². The number of nitrogens with one attached hydrogen (secondary N) is 1. The molecule has 2 heteroatoms. The van der Waals surface area contributed by atoms with Gasteiger partial charge in [0.1, 0.15) is 0 Å². The van der Waals surface area contributed by atoms with Crippen LogP contribution < -0.4 is 5.32 Å². The van der Waals surface area contributed by atoms with Crippen molar-refractivity contribution < 1.29 is 0 Å². The van der Waals surface area contributed by atoms with Gasteiger partial charge in [0.05, 0.1) is 0 Å². The van der Waals surface area contributed by atoms with Gasteiger partial charge in [0.25, 0.3) is 0 Å². The molecule has 0 aromatic heterocycles. The fourth-order valence-electron chi connectivity index (χ4n) is 4.48. The molecule has 2 saturated carbocycles. The quantitative estimate of drug-likeness (QED) is 0.839. The molecule has 0 radical (unpaired) electrons. The Kier molecular flexibility index (Phi) is 5.53. The lowest BCUT2D eigenvalue weighted by Gasteiger charge is -2.48. The van der Waals surface area contributed by atoms with Crippen molar-refractivity contribution in [3.63, 3.8) is 0 Å². The highest BCUT2D eigenvalue weighted by molar-refractivity contribution is 4.94. The smallest absolute Gasteiger partial charge is 0.0251 e. The summed E-state index contributed by atoms with van der Waals surface area (Å²) in [6, 6.07) is 2.27. The van der Waals surface area contributed by atoms with E-state index in [9.17, 15) is 0 Å².